The van der Waals surface area contributed by atoms with Gasteiger partial charge in [0.1, 0.15) is 0 Å². The van der Waals surface area contributed by atoms with Gasteiger partial charge in [-0.1, -0.05) is 0 Å². The first-order chi connectivity index (χ1) is 5.38. The zero-order valence-corrected chi connectivity index (χ0v) is 6.26. The molecule has 4 heteroatoms. The molecule has 0 bridgehead atoms. The zero-order valence-electron chi connectivity index (χ0n) is 6.26. The number of rotatable bonds is 0. The molecule has 0 unspecified atom stereocenters. The second-order valence-electron chi connectivity index (χ2n) is 2.92. The summed E-state index contributed by atoms with van der Waals surface area (Å²) >= 11 is 0. The summed E-state index contributed by atoms with van der Waals surface area (Å²) in [6.07, 6.45) is 1.80. The van der Waals surface area contributed by atoms with Crippen LogP contribution in [-0.4, -0.2) is 24.7 Å². The second-order valence-corrected chi connectivity index (χ2v) is 2.92. The molecule has 1 atom stereocenters. The Balaban J connectivity index is 2.15. The van der Waals surface area contributed by atoms with Crippen LogP contribution in [0.5, 0.6) is 0 Å². The third-order valence-electron chi connectivity index (χ3n) is 2.20. The van der Waals surface area contributed by atoms with Gasteiger partial charge >= 0.3 is 0 Å². The first-order valence-electron chi connectivity index (χ1n) is 3.95. The van der Waals surface area contributed by atoms with Crippen molar-refractivity contribution in [3.8, 4) is 0 Å². The smallest absolute Gasteiger partial charge is 0.248 e. The molecule has 0 spiro atoms. The van der Waals surface area contributed by atoms with E-state index < -0.39 is 0 Å². The highest BCUT2D eigenvalue weighted by Gasteiger charge is 2.30. The predicted octanol–water partition coefficient (Wildman–Crippen LogP) is -0.528. The van der Waals surface area contributed by atoms with E-state index in [-0.39, 0.29) is 11.8 Å². The van der Waals surface area contributed by atoms with Crippen molar-refractivity contribution in [2.45, 2.75) is 12.8 Å². The van der Waals surface area contributed by atoms with Gasteiger partial charge in [0.15, 0.2) is 0 Å². The molecule has 11 heavy (non-hydrogen) atoms. The largest absolute Gasteiger partial charge is 0.316 e. The van der Waals surface area contributed by atoms with Gasteiger partial charge in [-0.3, -0.25) is 4.79 Å². The van der Waals surface area contributed by atoms with Crippen molar-refractivity contribution in [3.63, 3.8) is 0 Å². The van der Waals surface area contributed by atoms with E-state index in [2.05, 4.69) is 15.8 Å². The maximum atomic E-state index is 11.1. The van der Waals surface area contributed by atoms with Crippen LogP contribution in [0.2, 0.25) is 0 Å². The van der Waals surface area contributed by atoms with E-state index in [0.717, 1.165) is 31.6 Å². The Morgan fingerprint density at radius 1 is 1.45 bits per heavy atom. The Bertz CT molecular complexity index is 212. The number of carbonyl (C=O) groups excluding carboxylic acids is 1. The molecular formula is C7H11N3O. The Hall–Kier alpha value is -0.900. The van der Waals surface area contributed by atoms with E-state index in [4.69, 9.17) is 0 Å². The number of amides is 1. The Labute approximate surface area is 65.0 Å². The van der Waals surface area contributed by atoms with Crippen LogP contribution < -0.4 is 10.7 Å². The molecule has 0 radical (unpaired) electrons. The topological polar surface area (TPSA) is 53.5 Å². The minimum absolute atomic E-state index is 0.0602. The van der Waals surface area contributed by atoms with E-state index in [9.17, 15) is 4.79 Å². The average Bonchev–Trinajstić information content (AvgIpc) is 2.25. The molecule has 2 N–H and O–H groups in total. The van der Waals surface area contributed by atoms with Crippen molar-refractivity contribution in [1.82, 2.24) is 10.7 Å². The van der Waals surface area contributed by atoms with Crippen LogP contribution in [0.1, 0.15) is 12.8 Å². The molecule has 0 aliphatic carbocycles. The molecule has 1 amide bonds. The molecule has 4 nitrogen and oxygen atoms in total. The van der Waals surface area contributed by atoms with Crippen molar-refractivity contribution in [2.24, 2.45) is 11.0 Å². The highest BCUT2D eigenvalue weighted by molar-refractivity contribution is 6.08. The van der Waals surface area contributed by atoms with Gasteiger partial charge in [-0.25, -0.2) is 5.43 Å². The zero-order chi connectivity index (χ0) is 7.68. The standard InChI is InChI=1S/C7H11N3O/c11-7-5-1-3-8-4-2-6(5)9-10-7/h5,8H,1-4H2,(H,10,11)/t5-/m1/s1. The molecule has 0 aromatic rings. The molecule has 2 heterocycles. The van der Waals surface area contributed by atoms with Crippen LogP contribution in [0.25, 0.3) is 0 Å². The fourth-order valence-electron chi connectivity index (χ4n) is 1.55. The second kappa shape index (κ2) is 2.62. The highest BCUT2D eigenvalue weighted by atomic mass is 16.2. The fourth-order valence-corrected chi connectivity index (χ4v) is 1.55. The Morgan fingerprint density at radius 3 is 3.27 bits per heavy atom. The fraction of sp³-hybridized carbons (Fsp3) is 0.714. The van der Waals surface area contributed by atoms with Crippen LogP contribution in [0, 0.1) is 5.92 Å². The van der Waals surface area contributed by atoms with Gasteiger partial charge < -0.3 is 5.32 Å². The maximum Gasteiger partial charge on any atom is 0.248 e. The summed E-state index contributed by atoms with van der Waals surface area (Å²) in [6.45, 7) is 1.88. The molecule has 1 saturated heterocycles. The van der Waals surface area contributed by atoms with Gasteiger partial charge in [0, 0.05) is 13.0 Å². The summed E-state index contributed by atoms with van der Waals surface area (Å²) in [5, 5.41) is 7.21. The van der Waals surface area contributed by atoms with Crippen molar-refractivity contribution in [1.29, 1.82) is 0 Å². The number of carbonyl (C=O) groups is 1. The summed E-state index contributed by atoms with van der Waals surface area (Å²) < 4.78 is 0. The Morgan fingerprint density at radius 2 is 2.36 bits per heavy atom. The number of nitrogens with one attached hydrogen (secondary N) is 2. The van der Waals surface area contributed by atoms with E-state index in [1.165, 1.54) is 0 Å². The van der Waals surface area contributed by atoms with E-state index in [1.54, 1.807) is 0 Å². The van der Waals surface area contributed by atoms with Crippen LogP contribution in [0.15, 0.2) is 5.10 Å². The van der Waals surface area contributed by atoms with E-state index >= 15 is 0 Å². The molecule has 60 valence electrons. The van der Waals surface area contributed by atoms with Crippen LogP contribution >= 0.6 is 0 Å². The lowest BCUT2D eigenvalue weighted by molar-refractivity contribution is -0.122. The average molecular weight is 153 g/mol. The monoisotopic (exact) mass is 153 g/mol. The lowest BCUT2D eigenvalue weighted by atomic mass is 9.99. The maximum absolute atomic E-state index is 11.1. The van der Waals surface area contributed by atoms with Gasteiger partial charge in [-0.05, 0) is 13.0 Å². The molecule has 2 aliphatic heterocycles. The molecule has 0 saturated carbocycles. The lowest BCUT2D eigenvalue weighted by Crippen LogP contribution is -2.23. The SMILES string of the molecule is O=C1NN=C2CCNCC[C@@H]12. The number of hydrogen-bond donors (Lipinski definition) is 2. The summed E-state index contributed by atoms with van der Waals surface area (Å²) in [7, 11) is 0. The quantitative estimate of drug-likeness (QED) is 0.491. The first kappa shape index (κ1) is 6.79. The number of nitrogens with zero attached hydrogens (tertiary/aromatic N) is 1. The van der Waals surface area contributed by atoms with E-state index in [1.807, 2.05) is 0 Å². The molecule has 0 aromatic carbocycles. The lowest BCUT2D eigenvalue weighted by Gasteiger charge is -2.02. The van der Waals surface area contributed by atoms with Gasteiger partial charge in [0.25, 0.3) is 0 Å². The summed E-state index contributed by atoms with van der Waals surface area (Å²) in [4.78, 5) is 11.1. The predicted molar refractivity (Wildman–Crippen MR) is 41.2 cm³/mol. The first-order valence-corrected chi connectivity index (χ1v) is 3.95. The van der Waals surface area contributed by atoms with Crippen molar-refractivity contribution < 1.29 is 4.79 Å². The van der Waals surface area contributed by atoms with Gasteiger partial charge in [-0.15, -0.1) is 0 Å². The van der Waals surface area contributed by atoms with Crippen LogP contribution in [0.4, 0.5) is 0 Å². The molecule has 0 aromatic heterocycles. The minimum atomic E-state index is 0.0602. The van der Waals surface area contributed by atoms with Crippen LogP contribution in [0.3, 0.4) is 0 Å². The van der Waals surface area contributed by atoms with Gasteiger partial charge in [0.05, 0.1) is 11.6 Å². The molecular weight excluding hydrogens is 142 g/mol. The van der Waals surface area contributed by atoms with Crippen LogP contribution in [-0.2, 0) is 4.79 Å². The molecule has 1 fully saturated rings. The van der Waals surface area contributed by atoms with Crippen molar-refractivity contribution in [3.05, 3.63) is 0 Å². The third kappa shape index (κ3) is 1.14. The third-order valence-corrected chi connectivity index (χ3v) is 2.20. The number of hydrogen-bond acceptors (Lipinski definition) is 3. The highest BCUT2D eigenvalue weighted by Crippen LogP contribution is 2.15. The number of hydrazone groups is 1. The van der Waals surface area contributed by atoms with Gasteiger partial charge in [0.2, 0.25) is 5.91 Å². The summed E-state index contributed by atoms with van der Waals surface area (Å²) in [5.41, 5.74) is 3.54. The Kier molecular flexibility index (Phi) is 1.62. The molecule has 2 aliphatic rings. The minimum Gasteiger partial charge on any atom is -0.316 e. The van der Waals surface area contributed by atoms with E-state index in [0.29, 0.717) is 0 Å². The van der Waals surface area contributed by atoms with Crippen molar-refractivity contribution >= 4 is 11.6 Å². The normalized spacial score (nSPS) is 30.4. The molecule has 2 rings (SSSR count). The van der Waals surface area contributed by atoms with Gasteiger partial charge in [-0.2, -0.15) is 5.10 Å². The number of fused-ring (bicyclic) bond motifs is 1. The summed E-state index contributed by atoms with van der Waals surface area (Å²) in [5.74, 6) is 0.133. The van der Waals surface area contributed by atoms with Crippen molar-refractivity contribution in [2.75, 3.05) is 13.1 Å². The summed E-state index contributed by atoms with van der Waals surface area (Å²) in [6, 6.07) is 0.